The molecule has 2 N–H and O–H groups in total. The smallest absolute Gasteiger partial charge is 0.394 e. The molecular formula is C14H24F3N3O. The van der Waals surface area contributed by atoms with Crippen molar-refractivity contribution in [2.24, 2.45) is 0 Å². The first-order chi connectivity index (χ1) is 9.80. The number of unbranched alkanes of at least 4 members (excludes halogenated alkanes) is 1. The number of hydrogen-bond donors (Lipinski definition) is 2. The fourth-order valence-corrected chi connectivity index (χ4v) is 2.07. The van der Waals surface area contributed by atoms with Crippen LogP contribution in [0, 0.1) is 0 Å². The average molecular weight is 307 g/mol. The highest BCUT2D eigenvalue weighted by atomic mass is 19.4. The zero-order valence-electron chi connectivity index (χ0n) is 12.6. The van der Waals surface area contributed by atoms with E-state index in [1.807, 2.05) is 6.92 Å². The van der Waals surface area contributed by atoms with Crippen LogP contribution in [-0.2, 0) is 12.7 Å². The van der Waals surface area contributed by atoms with Crippen molar-refractivity contribution in [1.29, 1.82) is 0 Å². The van der Waals surface area contributed by atoms with Gasteiger partial charge in [0.2, 0.25) is 0 Å². The molecule has 1 aromatic rings. The van der Waals surface area contributed by atoms with E-state index in [9.17, 15) is 18.3 Å². The Labute approximate surface area is 123 Å². The van der Waals surface area contributed by atoms with Gasteiger partial charge < -0.3 is 10.4 Å². The molecule has 0 aromatic carbocycles. The Morgan fingerprint density at radius 1 is 1.33 bits per heavy atom. The van der Waals surface area contributed by atoms with Gasteiger partial charge in [0, 0.05) is 18.3 Å². The summed E-state index contributed by atoms with van der Waals surface area (Å²) in [6.45, 7) is 5.35. The molecule has 1 unspecified atom stereocenters. The molecule has 0 aliphatic heterocycles. The van der Waals surface area contributed by atoms with Crippen molar-refractivity contribution in [3.8, 4) is 0 Å². The van der Waals surface area contributed by atoms with E-state index in [0.29, 0.717) is 6.54 Å². The first-order valence-electron chi connectivity index (χ1n) is 7.26. The number of halogens is 3. The molecule has 0 bridgehead atoms. The summed E-state index contributed by atoms with van der Waals surface area (Å²) in [5, 5.41) is 16.4. The first kappa shape index (κ1) is 18.0. The maximum absolute atomic E-state index is 12.4. The van der Waals surface area contributed by atoms with Crippen molar-refractivity contribution in [3.05, 3.63) is 18.0 Å². The van der Waals surface area contributed by atoms with E-state index >= 15 is 0 Å². The summed E-state index contributed by atoms with van der Waals surface area (Å²) >= 11 is 0. The fourth-order valence-electron chi connectivity index (χ4n) is 2.07. The van der Waals surface area contributed by atoms with Crippen LogP contribution in [0.25, 0.3) is 0 Å². The van der Waals surface area contributed by atoms with E-state index in [-0.39, 0.29) is 12.1 Å². The number of aromatic nitrogens is 2. The topological polar surface area (TPSA) is 50.1 Å². The van der Waals surface area contributed by atoms with Crippen LogP contribution in [0.1, 0.15) is 45.1 Å². The molecule has 1 rings (SSSR count). The van der Waals surface area contributed by atoms with Crippen LogP contribution in [0.4, 0.5) is 13.2 Å². The highest BCUT2D eigenvalue weighted by Gasteiger charge is 2.32. The molecule has 1 heterocycles. The van der Waals surface area contributed by atoms with Crippen molar-refractivity contribution in [1.82, 2.24) is 15.1 Å². The number of aliphatic hydroxyl groups excluding tert-OH is 1. The van der Waals surface area contributed by atoms with Crippen LogP contribution < -0.4 is 5.32 Å². The molecule has 7 heteroatoms. The zero-order chi connectivity index (χ0) is 15.9. The van der Waals surface area contributed by atoms with Crippen LogP contribution in [0.15, 0.2) is 12.4 Å². The Morgan fingerprint density at radius 2 is 2.05 bits per heavy atom. The van der Waals surface area contributed by atoms with Crippen LogP contribution in [-0.4, -0.2) is 33.6 Å². The normalized spacial score (nSPS) is 15.1. The second kappa shape index (κ2) is 7.79. The van der Waals surface area contributed by atoms with E-state index < -0.39 is 11.7 Å². The van der Waals surface area contributed by atoms with E-state index in [2.05, 4.69) is 17.3 Å². The standard InChI is InChI=1S/C14H24F3N3O/c1-3-7-18-13(2,11-21)6-4-5-8-20-10-12(9-19-20)14(15,16)17/h9-10,18,21H,3-8,11H2,1-2H3. The number of rotatable bonds is 9. The summed E-state index contributed by atoms with van der Waals surface area (Å²) in [6.07, 6.45) is 0.844. The van der Waals surface area contributed by atoms with Gasteiger partial charge in [-0.05, 0) is 39.2 Å². The van der Waals surface area contributed by atoms with Crippen LogP contribution in [0.2, 0.25) is 0 Å². The van der Waals surface area contributed by atoms with Crippen molar-refractivity contribution in [3.63, 3.8) is 0 Å². The Hall–Kier alpha value is -1.08. The molecule has 122 valence electrons. The summed E-state index contributed by atoms with van der Waals surface area (Å²) in [5.74, 6) is 0. The van der Waals surface area contributed by atoms with E-state index in [1.54, 1.807) is 0 Å². The molecule has 0 spiro atoms. The third-order valence-corrected chi connectivity index (χ3v) is 3.48. The molecule has 0 saturated heterocycles. The van der Waals surface area contributed by atoms with Crippen molar-refractivity contribution >= 4 is 0 Å². The van der Waals surface area contributed by atoms with Gasteiger partial charge in [-0.25, -0.2) is 0 Å². The van der Waals surface area contributed by atoms with E-state index in [4.69, 9.17) is 0 Å². The molecule has 1 atom stereocenters. The maximum atomic E-state index is 12.4. The molecule has 4 nitrogen and oxygen atoms in total. The predicted molar refractivity (Wildman–Crippen MR) is 74.9 cm³/mol. The number of hydrogen-bond acceptors (Lipinski definition) is 3. The minimum Gasteiger partial charge on any atom is -0.394 e. The van der Waals surface area contributed by atoms with Crippen LogP contribution in [0.5, 0.6) is 0 Å². The molecule has 21 heavy (non-hydrogen) atoms. The molecular weight excluding hydrogens is 283 g/mol. The lowest BCUT2D eigenvalue weighted by Gasteiger charge is -2.28. The highest BCUT2D eigenvalue weighted by Crippen LogP contribution is 2.28. The third kappa shape index (κ3) is 6.05. The largest absolute Gasteiger partial charge is 0.419 e. The Balaban J connectivity index is 2.35. The molecule has 0 radical (unpaired) electrons. The van der Waals surface area contributed by atoms with Crippen molar-refractivity contribution in [2.75, 3.05) is 13.2 Å². The Kier molecular flexibility index (Phi) is 6.67. The monoisotopic (exact) mass is 307 g/mol. The molecule has 0 fully saturated rings. The quantitative estimate of drug-likeness (QED) is 0.690. The number of aliphatic hydroxyl groups is 1. The minimum atomic E-state index is -4.34. The Morgan fingerprint density at radius 3 is 2.57 bits per heavy atom. The lowest BCUT2D eigenvalue weighted by atomic mass is 9.95. The summed E-state index contributed by atoms with van der Waals surface area (Å²) in [7, 11) is 0. The Bertz CT molecular complexity index is 420. The second-order valence-electron chi connectivity index (χ2n) is 5.59. The van der Waals surface area contributed by atoms with E-state index in [1.165, 1.54) is 4.68 Å². The summed E-state index contributed by atoms with van der Waals surface area (Å²) < 4.78 is 38.6. The molecule has 0 aliphatic carbocycles. The highest BCUT2D eigenvalue weighted by molar-refractivity contribution is 5.08. The summed E-state index contributed by atoms with van der Waals surface area (Å²) in [4.78, 5) is 0. The molecule has 1 aromatic heterocycles. The minimum absolute atomic E-state index is 0.0486. The van der Waals surface area contributed by atoms with Gasteiger partial charge in [-0.3, -0.25) is 4.68 Å². The van der Waals surface area contributed by atoms with Gasteiger partial charge in [0.05, 0.1) is 18.4 Å². The second-order valence-corrected chi connectivity index (χ2v) is 5.59. The molecule has 0 saturated carbocycles. The van der Waals surface area contributed by atoms with E-state index in [0.717, 1.165) is 44.6 Å². The van der Waals surface area contributed by atoms with Gasteiger partial charge in [0.15, 0.2) is 0 Å². The fraction of sp³-hybridized carbons (Fsp3) is 0.786. The van der Waals surface area contributed by atoms with Crippen LogP contribution in [0.3, 0.4) is 0 Å². The van der Waals surface area contributed by atoms with Crippen molar-refractivity contribution in [2.45, 2.75) is 57.8 Å². The summed E-state index contributed by atoms with van der Waals surface area (Å²) in [5.41, 5.74) is -1.04. The van der Waals surface area contributed by atoms with Gasteiger partial charge >= 0.3 is 6.18 Å². The first-order valence-corrected chi connectivity index (χ1v) is 7.26. The van der Waals surface area contributed by atoms with Gasteiger partial charge in [-0.1, -0.05) is 6.92 Å². The van der Waals surface area contributed by atoms with Crippen molar-refractivity contribution < 1.29 is 18.3 Å². The zero-order valence-corrected chi connectivity index (χ0v) is 12.6. The van der Waals surface area contributed by atoms with Gasteiger partial charge in [-0.2, -0.15) is 18.3 Å². The van der Waals surface area contributed by atoms with Gasteiger partial charge in [0.1, 0.15) is 0 Å². The number of nitrogens with zero attached hydrogens (tertiary/aromatic N) is 2. The third-order valence-electron chi connectivity index (χ3n) is 3.48. The molecule has 0 aliphatic rings. The predicted octanol–water partition coefficient (Wildman–Crippen LogP) is 2.82. The van der Waals surface area contributed by atoms with Crippen LogP contribution >= 0.6 is 0 Å². The van der Waals surface area contributed by atoms with Gasteiger partial charge in [-0.15, -0.1) is 0 Å². The molecule has 0 amide bonds. The summed E-state index contributed by atoms with van der Waals surface area (Å²) in [6, 6.07) is 0. The number of nitrogens with one attached hydrogen (secondary N) is 1. The lowest BCUT2D eigenvalue weighted by Crippen LogP contribution is -2.46. The SMILES string of the molecule is CCCNC(C)(CO)CCCCn1cc(C(F)(F)F)cn1. The van der Waals surface area contributed by atoms with Gasteiger partial charge in [0.25, 0.3) is 0 Å². The average Bonchev–Trinajstić information content (AvgIpc) is 2.90. The maximum Gasteiger partial charge on any atom is 0.419 e. The number of alkyl halides is 3. The lowest BCUT2D eigenvalue weighted by molar-refractivity contribution is -0.137. The number of aryl methyl sites for hydroxylation is 1.